The maximum Gasteiger partial charge on any atom is 0.268 e. The van der Waals surface area contributed by atoms with E-state index in [2.05, 4.69) is 20.9 Å². The van der Waals surface area contributed by atoms with Gasteiger partial charge in [-0.1, -0.05) is 0 Å². The lowest BCUT2D eigenvalue weighted by Crippen LogP contribution is -2.16. The van der Waals surface area contributed by atoms with Gasteiger partial charge in [0, 0.05) is 5.56 Å². The van der Waals surface area contributed by atoms with Gasteiger partial charge in [0.1, 0.15) is 29.1 Å². The molecule has 0 amide bonds. The first-order chi connectivity index (χ1) is 12.3. The van der Waals surface area contributed by atoms with E-state index in [9.17, 15) is 15.3 Å². The Balaban J connectivity index is 2.85. The average molecular weight is 417 g/mol. The number of hydrogen-bond acceptors (Lipinski definition) is 6. The first-order valence-electron chi connectivity index (χ1n) is 7.83. The van der Waals surface area contributed by atoms with E-state index in [1.54, 1.807) is 12.1 Å². The van der Waals surface area contributed by atoms with Gasteiger partial charge in [0.15, 0.2) is 11.5 Å². The molecule has 0 radical (unpaired) electrons. The Hall–Kier alpha value is -2.97. The predicted octanol–water partition coefficient (Wildman–Crippen LogP) is 3.32. The monoisotopic (exact) mass is 416 g/mol. The van der Waals surface area contributed by atoms with E-state index in [1.807, 2.05) is 32.9 Å². The number of benzene rings is 1. The third kappa shape index (κ3) is 3.66. The van der Waals surface area contributed by atoms with E-state index in [4.69, 9.17) is 15.2 Å². The Labute approximate surface area is 159 Å². The molecule has 0 bridgehead atoms. The van der Waals surface area contributed by atoms with Crippen LogP contribution in [0.5, 0.6) is 11.5 Å². The van der Waals surface area contributed by atoms with E-state index >= 15 is 0 Å². The lowest BCUT2D eigenvalue weighted by Gasteiger charge is -2.18. The molecule has 1 aromatic carbocycles. The minimum atomic E-state index is -0.657. The van der Waals surface area contributed by atoms with Crippen LogP contribution in [0.15, 0.2) is 21.4 Å². The number of pyridine rings is 1. The summed E-state index contributed by atoms with van der Waals surface area (Å²) in [6.45, 7) is 5.98. The predicted molar refractivity (Wildman–Crippen MR) is 101 cm³/mol. The topological polar surface area (TPSA) is 125 Å². The molecule has 0 spiro atoms. The minimum Gasteiger partial charge on any atom is -0.490 e. The molecule has 1 aromatic heterocycles. The Morgan fingerprint density at radius 3 is 2.46 bits per heavy atom. The molecule has 0 aliphatic heterocycles. The highest BCUT2D eigenvalue weighted by Gasteiger charge is 2.21. The molecule has 0 atom stereocenters. The second kappa shape index (κ2) is 7.94. The first kappa shape index (κ1) is 19.4. The van der Waals surface area contributed by atoms with Crippen molar-refractivity contribution in [1.29, 1.82) is 10.5 Å². The quantitative estimate of drug-likeness (QED) is 0.769. The van der Waals surface area contributed by atoms with Crippen molar-refractivity contribution in [2.45, 2.75) is 26.9 Å². The zero-order valence-corrected chi connectivity index (χ0v) is 16.1. The van der Waals surface area contributed by atoms with Crippen molar-refractivity contribution in [3.63, 3.8) is 0 Å². The Morgan fingerprint density at radius 1 is 1.27 bits per heavy atom. The van der Waals surface area contributed by atoms with Crippen molar-refractivity contribution >= 4 is 21.7 Å². The van der Waals surface area contributed by atoms with Crippen LogP contribution in [-0.4, -0.2) is 17.7 Å². The number of nitrogens with two attached hydrogens (primary N) is 1. The Kier molecular flexibility index (Phi) is 5.91. The van der Waals surface area contributed by atoms with Gasteiger partial charge >= 0.3 is 0 Å². The summed E-state index contributed by atoms with van der Waals surface area (Å²) in [5, 5.41) is 18.9. The SMILES string of the molecule is CCOc1cc(-c2c(C#N)c(N)[nH]c(=O)c2C#N)cc(Br)c1OC(C)C. The van der Waals surface area contributed by atoms with Gasteiger partial charge in [-0.2, -0.15) is 10.5 Å². The summed E-state index contributed by atoms with van der Waals surface area (Å²) in [6, 6.07) is 7.08. The van der Waals surface area contributed by atoms with Crippen molar-refractivity contribution in [2.24, 2.45) is 0 Å². The number of ether oxygens (including phenoxy) is 2. The van der Waals surface area contributed by atoms with Gasteiger partial charge in [-0.25, -0.2) is 0 Å². The largest absolute Gasteiger partial charge is 0.490 e. The third-order valence-electron chi connectivity index (χ3n) is 3.42. The fourth-order valence-electron chi connectivity index (χ4n) is 2.46. The maximum atomic E-state index is 12.1. The summed E-state index contributed by atoms with van der Waals surface area (Å²) in [7, 11) is 0. The lowest BCUT2D eigenvalue weighted by atomic mass is 9.96. The van der Waals surface area contributed by atoms with Crippen LogP contribution in [0.2, 0.25) is 0 Å². The number of aromatic nitrogens is 1. The van der Waals surface area contributed by atoms with Crippen LogP contribution in [0.25, 0.3) is 11.1 Å². The van der Waals surface area contributed by atoms with Crippen LogP contribution in [0.4, 0.5) is 5.82 Å². The highest BCUT2D eigenvalue weighted by molar-refractivity contribution is 9.10. The highest BCUT2D eigenvalue weighted by atomic mass is 79.9. The van der Waals surface area contributed by atoms with Gasteiger partial charge in [-0.3, -0.25) is 4.79 Å². The summed E-state index contributed by atoms with van der Waals surface area (Å²) in [4.78, 5) is 14.4. The first-order valence-corrected chi connectivity index (χ1v) is 8.62. The second-order valence-corrected chi connectivity index (χ2v) is 6.46. The minimum absolute atomic E-state index is 0.0213. The smallest absolute Gasteiger partial charge is 0.268 e. The summed E-state index contributed by atoms with van der Waals surface area (Å²) in [6.07, 6.45) is -0.0871. The number of hydrogen-bond donors (Lipinski definition) is 2. The van der Waals surface area contributed by atoms with Crippen LogP contribution in [0.1, 0.15) is 31.9 Å². The number of halogens is 1. The molecule has 7 nitrogen and oxygen atoms in total. The normalized spacial score (nSPS) is 10.3. The van der Waals surface area contributed by atoms with E-state index in [0.717, 1.165) is 0 Å². The molecule has 2 aromatic rings. The number of nitrogens with zero attached hydrogens (tertiary/aromatic N) is 2. The molecule has 26 heavy (non-hydrogen) atoms. The number of nitrogens with one attached hydrogen (secondary N) is 1. The van der Waals surface area contributed by atoms with E-state index in [1.165, 1.54) is 0 Å². The fourth-order valence-corrected chi connectivity index (χ4v) is 2.99. The standard InChI is InChI=1S/C18H17BrN4O3/c1-4-25-14-6-10(5-13(19)16(14)26-9(2)3)15-11(7-20)17(22)23-18(24)12(15)8-21/h5-6,9H,4H2,1-3H3,(H3,22,23,24). The molecule has 1 heterocycles. The summed E-state index contributed by atoms with van der Waals surface area (Å²) in [5.74, 6) is 0.834. The average Bonchev–Trinajstić information content (AvgIpc) is 2.57. The Bertz CT molecular complexity index is 984. The Morgan fingerprint density at radius 2 is 1.92 bits per heavy atom. The molecule has 0 saturated carbocycles. The summed E-state index contributed by atoms with van der Waals surface area (Å²) in [5.41, 5.74) is 5.55. The summed E-state index contributed by atoms with van der Waals surface area (Å²) < 4.78 is 12.0. The number of nitriles is 2. The third-order valence-corrected chi connectivity index (χ3v) is 4.01. The van der Waals surface area contributed by atoms with Crippen LogP contribution >= 0.6 is 15.9 Å². The van der Waals surface area contributed by atoms with Crippen LogP contribution in [0, 0.1) is 22.7 Å². The zero-order chi connectivity index (χ0) is 19.4. The molecule has 134 valence electrons. The summed E-state index contributed by atoms with van der Waals surface area (Å²) >= 11 is 3.44. The van der Waals surface area contributed by atoms with Crippen molar-refractivity contribution in [1.82, 2.24) is 4.98 Å². The van der Waals surface area contributed by atoms with E-state index in [-0.39, 0.29) is 28.6 Å². The molecule has 0 aliphatic rings. The van der Waals surface area contributed by atoms with Crippen LogP contribution in [0.3, 0.4) is 0 Å². The number of H-pyrrole nitrogens is 1. The number of aromatic amines is 1. The van der Waals surface area contributed by atoms with Crippen molar-refractivity contribution in [3.8, 4) is 34.8 Å². The molecule has 2 rings (SSSR count). The molecule has 8 heteroatoms. The van der Waals surface area contributed by atoms with Gasteiger partial charge in [0.2, 0.25) is 0 Å². The molecule has 0 unspecified atom stereocenters. The number of rotatable bonds is 5. The number of nitrogen functional groups attached to an aromatic ring is 1. The molecule has 0 saturated heterocycles. The van der Waals surface area contributed by atoms with Gasteiger partial charge < -0.3 is 20.2 Å². The molecule has 0 aliphatic carbocycles. The van der Waals surface area contributed by atoms with Crippen LogP contribution in [-0.2, 0) is 0 Å². The lowest BCUT2D eigenvalue weighted by molar-refractivity contribution is 0.222. The van der Waals surface area contributed by atoms with Gasteiger partial charge in [0.25, 0.3) is 5.56 Å². The van der Waals surface area contributed by atoms with Crippen molar-refractivity contribution in [3.05, 3.63) is 38.1 Å². The zero-order valence-electron chi connectivity index (χ0n) is 14.5. The van der Waals surface area contributed by atoms with E-state index in [0.29, 0.717) is 28.1 Å². The van der Waals surface area contributed by atoms with Crippen LogP contribution < -0.4 is 20.8 Å². The number of anilines is 1. The van der Waals surface area contributed by atoms with Gasteiger partial charge in [-0.15, -0.1) is 0 Å². The maximum absolute atomic E-state index is 12.1. The van der Waals surface area contributed by atoms with E-state index < -0.39 is 5.56 Å². The fraction of sp³-hybridized carbons (Fsp3) is 0.278. The van der Waals surface area contributed by atoms with Crippen molar-refractivity contribution < 1.29 is 9.47 Å². The van der Waals surface area contributed by atoms with Gasteiger partial charge in [-0.05, 0) is 54.4 Å². The molecule has 3 N–H and O–H groups in total. The highest BCUT2D eigenvalue weighted by Crippen LogP contribution is 2.42. The molecular weight excluding hydrogens is 400 g/mol. The molecular formula is C18H17BrN4O3. The molecule has 0 fully saturated rings. The van der Waals surface area contributed by atoms with Crippen molar-refractivity contribution in [2.75, 3.05) is 12.3 Å². The van der Waals surface area contributed by atoms with Gasteiger partial charge in [0.05, 0.1) is 17.2 Å². The second-order valence-electron chi connectivity index (χ2n) is 5.60.